The fraction of sp³-hybridized carbons (Fsp3) is 0.250. The van der Waals surface area contributed by atoms with E-state index in [1.807, 2.05) is 17.5 Å². The molecule has 0 atom stereocenters. The van der Waals surface area contributed by atoms with Crippen LogP contribution in [0.5, 0.6) is 0 Å². The molecule has 0 saturated carbocycles. The van der Waals surface area contributed by atoms with E-state index < -0.39 is 5.76 Å². The Labute approximate surface area is 141 Å². The number of carbonyl (C=O) groups is 1. The van der Waals surface area contributed by atoms with Crippen LogP contribution < -0.4 is 5.76 Å². The number of thiophene rings is 1. The third kappa shape index (κ3) is 3.48. The van der Waals surface area contributed by atoms with Gasteiger partial charge in [-0.15, -0.1) is 11.3 Å². The highest BCUT2D eigenvalue weighted by Gasteiger charge is 2.14. The van der Waals surface area contributed by atoms with E-state index in [1.165, 1.54) is 4.57 Å². The van der Waals surface area contributed by atoms with Crippen molar-refractivity contribution in [1.82, 2.24) is 9.47 Å². The summed E-state index contributed by atoms with van der Waals surface area (Å²) in [5, 5.41) is 2.49. The van der Waals surface area contributed by atoms with E-state index in [0.717, 1.165) is 4.88 Å². The van der Waals surface area contributed by atoms with E-state index in [9.17, 15) is 9.59 Å². The molecule has 0 saturated heterocycles. The molecule has 0 unspecified atom stereocenters. The molecule has 0 N–H and O–H groups in total. The number of oxazole rings is 1. The molecule has 2 heterocycles. The van der Waals surface area contributed by atoms with Crippen molar-refractivity contribution in [3.63, 3.8) is 0 Å². The van der Waals surface area contributed by atoms with Gasteiger partial charge in [-0.25, -0.2) is 4.79 Å². The average Bonchev–Trinajstić information content (AvgIpc) is 3.11. The van der Waals surface area contributed by atoms with Gasteiger partial charge in [0.05, 0.1) is 12.1 Å². The van der Waals surface area contributed by atoms with Crippen LogP contribution >= 0.6 is 22.9 Å². The number of rotatable bonds is 5. The Morgan fingerprint density at radius 2 is 2.22 bits per heavy atom. The zero-order valence-corrected chi connectivity index (χ0v) is 14.1. The average molecular weight is 351 g/mol. The monoisotopic (exact) mass is 350 g/mol. The number of halogens is 1. The number of fused-ring (bicyclic) bond motifs is 1. The molecule has 23 heavy (non-hydrogen) atoms. The van der Waals surface area contributed by atoms with Gasteiger partial charge in [-0.1, -0.05) is 17.7 Å². The molecule has 0 bridgehead atoms. The molecule has 5 nitrogen and oxygen atoms in total. The molecule has 7 heteroatoms. The minimum atomic E-state index is -0.476. The van der Waals surface area contributed by atoms with Crippen LogP contribution in [-0.4, -0.2) is 22.4 Å². The Morgan fingerprint density at radius 3 is 2.96 bits per heavy atom. The molecule has 0 aliphatic rings. The summed E-state index contributed by atoms with van der Waals surface area (Å²) < 4.78 is 6.62. The number of hydrogen-bond donors (Lipinski definition) is 0. The zero-order valence-electron chi connectivity index (χ0n) is 12.5. The standard InChI is InChI=1S/C16H15ClN2O3S/c1-18(10-12-3-2-8-23-12)15(20)6-7-19-13-5-4-11(17)9-14(13)22-16(19)21/h2-5,8-9H,6-7,10H2,1H3. The summed E-state index contributed by atoms with van der Waals surface area (Å²) in [4.78, 5) is 26.9. The van der Waals surface area contributed by atoms with Gasteiger partial charge in [0.1, 0.15) is 0 Å². The van der Waals surface area contributed by atoms with Crippen molar-refractivity contribution >= 4 is 39.9 Å². The smallest absolute Gasteiger partial charge is 0.408 e. The Hall–Kier alpha value is -2.05. The van der Waals surface area contributed by atoms with Gasteiger partial charge in [0.2, 0.25) is 5.91 Å². The fourth-order valence-electron chi connectivity index (χ4n) is 2.37. The molecule has 3 aromatic rings. The van der Waals surface area contributed by atoms with Crippen LogP contribution in [0, 0.1) is 0 Å². The first kappa shape index (κ1) is 15.8. The van der Waals surface area contributed by atoms with E-state index in [0.29, 0.717) is 22.7 Å². The summed E-state index contributed by atoms with van der Waals surface area (Å²) in [7, 11) is 1.76. The Kier molecular flexibility index (Phi) is 4.54. The lowest BCUT2D eigenvalue weighted by molar-refractivity contribution is -0.130. The van der Waals surface area contributed by atoms with Crippen LogP contribution in [-0.2, 0) is 17.9 Å². The van der Waals surface area contributed by atoms with Crippen LogP contribution in [0.25, 0.3) is 11.1 Å². The summed E-state index contributed by atoms with van der Waals surface area (Å²) in [6.45, 7) is 0.855. The van der Waals surface area contributed by atoms with Gasteiger partial charge >= 0.3 is 5.76 Å². The predicted molar refractivity (Wildman–Crippen MR) is 90.9 cm³/mol. The number of amides is 1. The summed E-state index contributed by atoms with van der Waals surface area (Å²) >= 11 is 7.50. The molecule has 0 aliphatic carbocycles. The lowest BCUT2D eigenvalue weighted by Crippen LogP contribution is -2.28. The normalized spacial score (nSPS) is 11.0. The molecule has 3 rings (SSSR count). The second-order valence-electron chi connectivity index (χ2n) is 5.21. The molecule has 0 aliphatic heterocycles. The highest BCUT2D eigenvalue weighted by molar-refractivity contribution is 7.09. The third-order valence-corrected chi connectivity index (χ3v) is 4.67. The number of hydrogen-bond acceptors (Lipinski definition) is 4. The van der Waals surface area contributed by atoms with Gasteiger partial charge in [0, 0.05) is 36.0 Å². The molecule has 1 aromatic carbocycles. The number of nitrogens with zero attached hydrogens (tertiary/aromatic N) is 2. The van der Waals surface area contributed by atoms with Crippen molar-refractivity contribution in [2.75, 3.05) is 7.05 Å². The van der Waals surface area contributed by atoms with Gasteiger partial charge in [-0.2, -0.15) is 0 Å². The van der Waals surface area contributed by atoms with Gasteiger partial charge < -0.3 is 9.32 Å². The van der Waals surface area contributed by atoms with E-state index in [4.69, 9.17) is 16.0 Å². The Bertz CT molecular complexity index is 883. The number of aromatic nitrogens is 1. The minimum Gasteiger partial charge on any atom is -0.408 e. The molecule has 0 fully saturated rings. The largest absolute Gasteiger partial charge is 0.419 e. The Morgan fingerprint density at radius 1 is 1.39 bits per heavy atom. The van der Waals surface area contributed by atoms with E-state index in [-0.39, 0.29) is 18.9 Å². The lowest BCUT2D eigenvalue weighted by atomic mass is 10.3. The van der Waals surface area contributed by atoms with Gasteiger partial charge in [0.15, 0.2) is 5.58 Å². The SMILES string of the molecule is CN(Cc1cccs1)C(=O)CCn1c(=O)oc2cc(Cl)ccc21. The maximum Gasteiger partial charge on any atom is 0.419 e. The quantitative estimate of drug-likeness (QED) is 0.709. The molecule has 0 radical (unpaired) electrons. The Balaban J connectivity index is 1.69. The first-order valence-corrected chi connectivity index (χ1v) is 8.35. The summed E-state index contributed by atoms with van der Waals surface area (Å²) in [6.07, 6.45) is 0.235. The first-order valence-electron chi connectivity index (χ1n) is 7.10. The van der Waals surface area contributed by atoms with Crippen LogP contribution in [0.3, 0.4) is 0 Å². The van der Waals surface area contributed by atoms with Crippen molar-refractivity contribution in [3.05, 3.63) is 56.2 Å². The highest BCUT2D eigenvalue weighted by Crippen LogP contribution is 2.19. The topological polar surface area (TPSA) is 55.5 Å². The van der Waals surface area contributed by atoms with E-state index >= 15 is 0 Å². The second-order valence-corrected chi connectivity index (χ2v) is 6.68. The van der Waals surface area contributed by atoms with Crippen molar-refractivity contribution in [1.29, 1.82) is 0 Å². The lowest BCUT2D eigenvalue weighted by Gasteiger charge is -2.16. The second kappa shape index (κ2) is 6.60. The van der Waals surface area contributed by atoms with Crippen LogP contribution in [0.2, 0.25) is 5.02 Å². The van der Waals surface area contributed by atoms with E-state index in [2.05, 4.69) is 0 Å². The van der Waals surface area contributed by atoms with Gasteiger partial charge in [0.25, 0.3) is 0 Å². The minimum absolute atomic E-state index is 0.0198. The summed E-state index contributed by atoms with van der Waals surface area (Å²) in [6, 6.07) is 8.97. The number of aryl methyl sites for hydroxylation is 1. The third-order valence-electron chi connectivity index (χ3n) is 3.58. The molecular formula is C16H15ClN2O3S. The zero-order chi connectivity index (χ0) is 16.4. The molecule has 120 valence electrons. The maximum atomic E-state index is 12.2. The van der Waals surface area contributed by atoms with Gasteiger partial charge in [-0.3, -0.25) is 9.36 Å². The van der Waals surface area contributed by atoms with Gasteiger partial charge in [-0.05, 0) is 23.6 Å². The highest BCUT2D eigenvalue weighted by atomic mass is 35.5. The molecule has 2 aromatic heterocycles. The maximum absolute atomic E-state index is 12.2. The summed E-state index contributed by atoms with van der Waals surface area (Å²) in [5.41, 5.74) is 1.08. The van der Waals surface area contributed by atoms with Crippen molar-refractivity contribution in [2.24, 2.45) is 0 Å². The molecule has 1 amide bonds. The van der Waals surface area contributed by atoms with Crippen LogP contribution in [0.4, 0.5) is 0 Å². The van der Waals surface area contributed by atoms with Crippen LogP contribution in [0.15, 0.2) is 44.9 Å². The molecule has 0 spiro atoms. The first-order chi connectivity index (χ1) is 11.0. The fourth-order valence-corrected chi connectivity index (χ4v) is 3.29. The summed E-state index contributed by atoms with van der Waals surface area (Å²) in [5.74, 6) is -0.496. The number of carbonyl (C=O) groups excluding carboxylic acids is 1. The van der Waals surface area contributed by atoms with Crippen molar-refractivity contribution < 1.29 is 9.21 Å². The van der Waals surface area contributed by atoms with Crippen molar-refractivity contribution in [3.8, 4) is 0 Å². The van der Waals surface area contributed by atoms with Crippen LogP contribution in [0.1, 0.15) is 11.3 Å². The van der Waals surface area contributed by atoms with Crippen molar-refractivity contribution in [2.45, 2.75) is 19.5 Å². The molecular weight excluding hydrogens is 336 g/mol. The van der Waals surface area contributed by atoms with E-state index in [1.54, 1.807) is 41.5 Å². The predicted octanol–water partition coefficient (Wildman–Crippen LogP) is 3.36. The number of benzene rings is 1.